The normalized spacial score (nSPS) is 17.9. The standard InChI is InChI=1S/C22H25ClFN3O4S/c23-19-6-5-17(32(29,30)27-10-12-31-13-11-27)15-18(19)22(28)25-20-14-16(24)4-7-21(20)26-8-2-1-3-9-26/h4-7,14-15H,1-3,8-13H2,(H,25,28). The van der Waals surface area contributed by atoms with Crippen molar-refractivity contribution in [1.82, 2.24) is 4.31 Å². The zero-order valence-corrected chi connectivity index (χ0v) is 19.1. The predicted molar refractivity (Wildman–Crippen MR) is 121 cm³/mol. The van der Waals surface area contributed by atoms with Crippen LogP contribution in [0.2, 0.25) is 5.02 Å². The zero-order valence-electron chi connectivity index (χ0n) is 17.5. The highest BCUT2D eigenvalue weighted by molar-refractivity contribution is 7.89. The molecule has 0 aromatic heterocycles. The quantitative estimate of drug-likeness (QED) is 0.703. The summed E-state index contributed by atoms with van der Waals surface area (Å²) in [6, 6.07) is 8.32. The number of anilines is 2. The average molecular weight is 482 g/mol. The molecule has 0 spiro atoms. The van der Waals surface area contributed by atoms with E-state index in [1.807, 2.05) is 0 Å². The van der Waals surface area contributed by atoms with Crippen LogP contribution in [-0.2, 0) is 14.8 Å². The molecule has 172 valence electrons. The molecular formula is C22H25ClFN3O4S. The lowest BCUT2D eigenvalue weighted by Gasteiger charge is -2.30. The van der Waals surface area contributed by atoms with E-state index < -0.39 is 21.7 Å². The molecule has 1 N–H and O–H groups in total. The van der Waals surface area contributed by atoms with E-state index in [0.29, 0.717) is 18.9 Å². The largest absolute Gasteiger partial charge is 0.379 e. The summed E-state index contributed by atoms with van der Waals surface area (Å²) in [6.45, 7) is 2.77. The van der Waals surface area contributed by atoms with Gasteiger partial charge in [0.15, 0.2) is 0 Å². The molecule has 1 amide bonds. The van der Waals surface area contributed by atoms with Crippen LogP contribution in [0, 0.1) is 5.82 Å². The summed E-state index contributed by atoms with van der Waals surface area (Å²) in [5.41, 5.74) is 1.07. The highest BCUT2D eigenvalue weighted by atomic mass is 35.5. The van der Waals surface area contributed by atoms with Gasteiger partial charge in [0.25, 0.3) is 5.91 Å². The van der Waals surface area contributed by atoms with Crippen molar-refractivity contribution in [2.45, 2.75) is 24.2 Å². The summed E-state index contributed by atoms with van der Waals surface area (Å²) in [7, 11) is -3.79. The minimum absolute atomic E-state index is 0.00913. The summed E-state index contributed by atoms with van der Waals surface area (Å²) in [4.78, 5) is 15.2. The predicted octanol–water partition coefficient (Wildman–Crippen LogP) is 3.74. The van der Waals surface area contributed by atoms with E-state index in [0.717, 1.165) is 38.0 Å². The van der Waals surface area contributed by atoms with Gasteiger partial charge in [-0.3, -0.25) is 4.79 Å². The Morgan fingerprint density at radius 3 is 2.44 bits per heavy atom. The number of sulfonamides is 1. The van der Waals surface area contributed by atoms with E-state index in [-0.39, 0.29) is 28.6 Å². The van der Waals surface area contributed by atoms with Crippen molar-refractivity contribution in [3.8, 4) is 0 Å². The van der Waals surface area contributed by atoms with Crippen LogP contribution in [0.5, 0.6) is 0 Å². The van der Waals surface area contributed by atoms with Crippen molar-refractivity contribution in [2.75, 3.05) is 49.6 Å². The van der Waals surface area contributed by atoms with Crippen molar-refractivity contribution in [1.29, 1.82) is 0 Å². The lowest BCUT2D eigenvalue weighted by Crippen LogP contribution is -2.40. The van der Waals surface area contributed by atoms with Gasteiger partial charge in [-0.2, -0.15) is 4.31 Å². The lowest BCUT2D eigenvalue weighted by atomic mass is 10.1. The molecule has 0 radical (unpaired) electrons. The molecule has 0 aliphatic carbocycles. The van der Waals surface area contributed by atoms with E-state index in [2.05, 4.69) is 10.2 Å². The molecule has 2 aromatic rings. The van der Waals surface area contributed by atoms with E-state index in [4.69, 9.17) is 16.3 Å². The molecule has 7 nitrogen and oxygen atoms in total. The number of carbonyl (C=O) groups is 1. The summed E-state index contributed by atoms with van der Waals surface area (Å²) >= 11 is 6.24. The SMILES string of the molecule is O=C(Nc1cc(F)ccc1N1CCCCC1)c1cc(S(=O)(=O)N2CCOCC2)ccc1Cl. The number of hydrogen-bond acceptors (Lipinski definition) is 5. The van der Waals surface area contributed by atoms with Gasteiger partial charge in [-0.05, 0) is 55.7 Å². The third-order valence-corrected chi connectivity index (χ3v) is 7.92. The van der Waals surface area contributed by atoms with Gasteiger partial charge in [-0.15, -0.1) is 0 Å². The molecule has 2 fully saturated rings. The third-order valence-electron chi connectivity index (χ3n) is 5.69. The molecule has 2 aromatic carbocycles. The molecule has 2 saturated heterocycles. The summed E-state index contributed by atoms with van der Waals surface area (Å²) in [6.07, 6.45) is 3.19. The molecule has 0 unspecified atom stereocenters. The molecule has 4 rings (SSSR count). The number of nitrogens with one attached hydrogen (secondary N) is 1. The fraction of sp³-hybridized carbons (Fsp3) is 0.409. The number of carbonyl (C=O) groups excluding carboxylic acids is 1. The number of benzene rings is 2. The third kappa shape index (κ3) is 4.91. The van der Waals surface area contributed by atoms with Crippen LogP contribution >= 0.6 is 11.6 Å². The summed E-state index contributed by atoms with van der Waals surface area (Å²) in [5.74, 6) is -1.08. The van der Waals surface area contributed by atoms with Gasteiger partial charge in [0.2, 0.25) is 10.0 Å². The molecule has 32 heavy (non-hydrogen) atoms. The summed E-state index contributed by atoms with van der Waals surface area (Å²) in [5, 5.41) is 2.84. The van der Waals surface area contributed by atoms with Crippen LogP contribution in [-0.4, -0.2) is 58.0 Å². The van der Waals surface area contributed by atoms with Crippen LogP contribution in [0.3, 0.4) is 0 Å². The Balaban J connectivity index is 1.62. The van der Waals surface area contributed by atoms with Crippen molar-refractivity contribution < 1.29 is 22.3 Å². The van der Waals surface area contributed by atoms with Crippen molar-refractivity contribution >= 4 is 38.9 Å². The summed E-state index contributed by atoms with van der Waals surface area (Å²) < 4.78 is 46.5. The van der Waals surface area contributed by atoms with Crippen LogP contribution in [0.25, 0.3) is 0 Å². The minimum Gasteiger partial charge on any atom is -0.379 e. The first-order chi connectivity index (χ1) is 15.4. The second-order valence-corrected chi connectivity index (χ2v) is 10.2. The van der Waals surface area contributed by atoms with Crippen molar-refractivity contribution in [3.05, 3.63) is 52.8 Å². The van der Waals surface area contributed by atoms with Crippen LogP contribution in [0.4, 0.5) is 15.8 Å². The second kappa shape index (κ2) is 9.74. The van der Waals surface area contributed by atoms with Gasteiger partial charge in [-0.1, -0.05) is 11.6 Å². The Bertz CT molecular complexity index is 1100. The second-order valence-electron chi connectivity index (χ2n) is 7.82. The molecule has 0 saturated carbocycles. The number of amides is 1. The fourth-order valence-corrected chi connectivity index (χ4v) is 5.62. The number of piperidine rings is 1. The van der Waals surface area contributed by atoms with Crippen LogP contribution in [0.1, 0.15) is 29.6 Å². The fourth-order valence-electron chi connectivity index (χ4n) is 3.98. The van der Waals surface area contributed by atoms with E-state index in [9.17, 15) is 17.6 Å². The molecule has 10 heteroatoms. The van der Waals surface area contributed by atoms with E-state index in [1.165, 1.54) is 34.6 Å². The first-order valence-corrected chi connectivity index (χ1v) is 12.4. The molecule has 2 heterocycles. The maximum absolute atomic E-state index is 14.0. The number of rotatable bonds is 5. The van der Waals surface area contributed by atoms with Gasteiger partial charge in [0, 0.05) is 26.2 Å². The minimum atomic E-state index is -3.79. The van der Waals surface area contributed by atoms with E-state index >= 15 is 0 Å². The first kappa shape index (κ1) is 23.0. The number of nitrogens with zero attached hydrogens (tertiary/aromatic N) is 2. The van der Waals surface area contributed by atoms with Gasteiger partial charge >= 0.3 is 0 Å². The van der Waals surface area contributed by atoms with Crippen LogP contribution in [0.15, 0.2) is 41.3 Å². The Morgan fingerprint density at radius 1 is 1.00 bits per heavy atom. The maximum atomic E-state index is 14.0. The Hall–Kier alpha value is -2.20. The Kier molecular flexibility index (Phi) is 6.99. The van der Waals surface area contributed by atoms with Crippen molar-refractivity contribution in [2.24, 2.45) is 0 Å². The van der Waals surface area contributed by atoms with Gasteiger partial charge in [-0.25, -0.2) is 12.8 Å². The smallest absolute Gasteiger partial charge is 0.257 e. The first-order valence-electron chi connectivity index (χ1n) is 10.6. The van der Waals surface area contributed by atoms with Gasteiger partial charge in [0.1, 0.15) is 5.82 Å². The maximum Gasteiger partial charge on any atom is 0.257 e. The highest BCUT2D eigenvalue weighted by Gasteiger charge is 2.28. The van der Waals surface area contributed by atoms with Gasteiger partial charge < -0.3 is 15.0 Å². The monoisotopic (exact) mass is 481 g/mol. The number of hydrogen-bond donors (Lipinski definition) is 1. The van der Waals surface area contributed by atoms with Crippen LogP contribution < -0.4 is 10.2 Å². The number of ether oxygens (including phenoxy) is 1. The topological polar surface area (TPSA) is 79.0 Å². The Morgan fingerprint density at radius 2 is 1.72 bits per heavy atom. The lowest BCUT2D eigenvalue weighted by molar-refractivity contribution is 0.0730. The zero-order chi connectivity index (χ0) is 22.7. The molecule has 2 aliphatic rings. The number of morpholine rings is 1. The Labute approximate surface area is 192 Å². The van der Waals surface area contributed by atoms with Crippen molar-refractivity contribution in [3.63, 3.8) is 0 Å². The highest BCUT2D eigenvalue weighted by Crippen LogP contribution is 2.31. The molecule has 0 bridgehead atoms. The van der Waals surface area contributed by atoms with Gasteiger partial charge in [0.05, 0.1) is 40.1 Å². The molecular weight excluding hydrogens is 457 g/mol. The number of halogens is 2. The molecule has 2 aliphatic heterocycles. The average Bonchev–Trinajstić information content (AvgIpc) is 2.80. The van der Waals surface area contributed by atoms with E-state index in [1.54, 1.807) is 6.07 Å². The molecule has 0 atom stereocenters.